The lowest BCUT2D eigenvalue weighted by Gasteiger charge is -2.40. The molecule has 6 heteroatoms. The number of nitrogens with one attached hydrogen (secondary N) is 1. The molecule has 0 unspecified atom stereocenters. The molecule has 0 bridgehead atoms. The molecule has 2 nitrogen and oxygen atoms in total. The first-order chi connectivity index (χ1) is 10.9. The van der Waals surface area contributed by atoms with Crippen molar-refractivity contribution in [3.05, 3.63) is 65.2 Å². The van der Waals surface area contributed by atoms with E-state index in [-0.39, 0.29) is 0 Å². The standard InChI is InChI=1S/C17H13F4NO/c18-11-4-1-3-10(9-11)17(7-2-8-17)16(23)22-13-6-5-12(19)14(20)15(13)21/h1,3-6,9H,2,7-8H2,(H,22,23). The van der Waals surface area contributed by atoms with Gasteiger partial charge in [-0.3, -0.25) is 4.79 Å². The molecule has 0 aliphatic heterocycles. The molecule has 0 radical (unpaired) electrons. The third-order valence-corrected chi connectivity index (χ3v) is 4.30. The van der Waals surface area contributed by atoms with E-state index in [1.807, 2.05) is 0 Å². The van der Waals surface area contributed by atoms with E-state index in [2.05, 4.69) is 5.32 Å². The Kier molecular flexibility index (Phi) is 3.83. The van der Waals surface area contributed by atoms with Crippen LogP contribution in [0.1, 0.15) is 24.8 Å². The molecule has 1 saturated carbocycles. The Bertz CT molecular complexity index is 771. The molecule has 23 heavy (non-hydrogen) atoms. The van der Waals surface area contributed by atoms with Gasteiger partial charge in [-0.2, -0.15) is 0 Å². The second-order valence-electron chi connectivity index (χ2n) is 5.62. The van der Waals surface area contributed by atoms with Crippen molar-refractivity contribution in [2.45, 2.75) is 24.7 Å². The fourth-order valence-corrected chi connectivity index (χ4v) is 2.83. The third kappa shape index (κ3) is 2.58. The molecule has 1 fully saturated rings. The number of hydrogen-bond donors (Lipinski definition) is 1. The Morgan fingerprint density at radius 3 is 2.35 bits per heavy atom. The van der Waals surface area contributed by atoms with Crippen LogP contribution in [-0.2, 0) is 10.2 Å². The van der Waals surface area contributed by atoms with E-state index in [1.165, 1.54) is 18.2 Å². The summed E-state index contributed by atoms with van der Waals surface area (Å²) < 4.78 is 53.3. The van der Waals surface area contributed by atoms with Gasteiger partial charge in [0.05, 0.1) is 11.1 Å². The lowest BCUT2D eigenvalue weighted by atomic mass is 9.63. The maximum Gasteiger partial charge on any atom is 0.235 e. The van der Waals surface area contributed by atoms with E-state index < -0.39 is 40.3 Å². The van der Waals surface area contributed by atoms with Gasteiger partial charge >= 0.3 is 0 Å². The fraction of sp³-hybridized carbons (Fsp3) is 0.235. The first-order valence-electron chi connectivity index (χ1n) is 7.15. The Hall–Kier alpha value is -2.37. The average Bonchev–Trinajstić information content (AvgIpc) is 2.47. The fourth-order valence-electron chi connectivity index (χ4n) is 2.83. The molecule has 1 aliphatic carbocycles. The largest absolute Gasteiger partial charge is 0.323 e. The number of rotatable bonds is 3. The van der Waals surface area contributed by atoms with Gasteiger partial charge in [0.1, 0.15) is 5.82 Å². The summed E-state index contributed by atoms with van der Waals surface area (Å²) in [5, 5.41) is 2.30. The van der Waals surface area contributed by atoms with Crippen LogP contribution in [-0.4, -0.2) is 5.91 Å². The van der Waals surface area contributed by atoms with Gasteiger partial charge < -0.3 is 5.32 Å². The number of amides is 1. The van der Waals surface area contributed by atoms with Crippen LogP contribution in [0.25, 0.3) is 0 Å². The van der Waals surface area contributed by atoms with Crippen molar-refractivity contribution < 1.29 is 22.4 Å². The predicted molar refractivity (Wildman–Crippen MR) is 76.9 cm³/mol. The predicted octanol–water partition coefficient (Wildman–Crippen LogP) is 4.30. The summed E-state index contributed by atoms with van der Waals surface area (Å²) in [6.07, 6.45) is 1.73. The molecule has 0 atom stereocenters. The monoisotopic (exact) mass is 323 g/mol. The number of carbonyl (C=O) groups is 1. The van der Waals surface area contributed by atoms with E-state index in [0.717, 1.165) is 18.6 Å². The Balaban J connectivity index is 1.91. The molecule has 0 spiro atoms. The quantitative estimate of drug-likeness (QED) is 0.662. The third-order valence-electron chi connectivity index (χ3n) is 4.30. The second-order valence-corrected chi connectivity index (χ2v) is 5.62. The summed E-state index contributed by atoms with van der Waals surface area (Å²) >= 11 is 0. The van der Waals surface area contributed by atoms with Crippen LogP contribution in [0.2, 0.25) is 0 Å². The van der Waals surface area contributed by atoms with Crippen molar-refractivity contribution in [3.63, 3.8) is 0 Å². The van der Waals surface area contributed by atoms with Crippen molar-refractivity contribution in [2.24, 2.45) is 0 Å². The number of anilines is 1. The van der Waals surface area contributed by atoms with Crippen molar-refractivity contribution in [1.82, 2.24) is 0 Å². The van der Waals surface area contributed by atoms with Crippen LogP contribution in [0.15, 0.2) is 36.4 Å². The molecular weight excluding hydrogens is 310 g/mol. The smallest absolute Gasteiger partial charge is 0.235 e. The van der Waals surface area contributed by atoms with Crippen LogP contribution in [0.5, 0.6) is 0 Å². The lowest BCUT2D eigenvalue weighted by molar-refractivity contribution is -0.124. The Morgan fingerprint density at radius 1 is 1.00 bits per heavy atom. The van der Waals surface area contributed by atoms with Gasteiger partial charge in [0.25, 0.3) is 0 Å². The van der Waals surface area contributed by atoms with Gasteiger partial charge in [0.2, 0.25) is 5.91 Å². The molecule has 1 aliphatic rings. The molecule has 0 aromatic heterocycles. The van der Waals surface area contributed by atoms with Gasteiger partial charge in [-0.05, 0) is 42.7 Å². The van der Waals surface area contributed by atoms with Crippen LogP contribution in [0.3, 0.4) is 0 Å². The number of carbonyl (C=O) groups excluding carboxylic acids is 1. The molecule has 2 aromatic carbocycles. The highest BCUT2D eigenvalue weighted by molar-refractivity contribution is 6.00. The number of halogens is 4. The summed E-state index contributed by atoms with van der Waals surface area (Å²) in [6.45, 7) is 0. The van der Waals surface area contributed by atoms with Crippen LogP contribution >= 0.6 is 0 Å². The van der Waals surface area contributed by atoms with Gasteiger partial charge in [-0.1, -0.05) is 18.6 Å². The van der Waals surface area contributed by atoms with E-state index in [4.69, 9.17) is 0 Å². The summed E-state index contributed by atoms with van der Waals surface area (Å²) in [7, 11) is 0. The summed E-state index contributed by atoms with van der Waals surface area (Å²) in [5.41, 5.74) is -0.917. The first kappa shape index (κ1) is 15.5. The topological polar surface area (TPSA) is 29.1 Å². The highest BCUT2D eigenvalue weighted by Gasteiger charge is 2.46. The maximum atomic E-state index is 13.7. The van der Waals surface area contributed by atoms with E-state index in [0.29, 0.717) is 18.4 Å². The van der Waals surface area contributed by atoms with Crippen LogP contribution < -0.4 is 5.32 Å². The van der Waals surface area contributed by atoms with E-state index in [9.17, 15) is 22.4 Å². The minimum absolute atomic E-state index is 0.434. The van der Waals surface area contributed by atoms with Gasteiger partial charge in [0.15, 0.2) is 17.5 Å². The minimum Gasteiger partial charge on any atom is -0.323 e. The summed E-state index contributed by atoms with van der Waals surface area (Å²) in [5.74, 6) is -5.45. The highest BCUT2D eigenvalue weighted by atomic mass is 19.2. The highest BCUT2D eigenvalue weighted by Crippen LogP contribution is 2.45. The molecular formula is C17H13F4NO. The molecule has 120 valence electrons. The van der Waals surface area contributed by atoms with Crippen molar-refractivity contribution in [3.8, 4) is 0 Å². The second kappa shape index (κ2) is 5.68. The Labute approximate surface area is 130 Å². The Morgan fingerprint density at radius 2 is 1.74 bits per heavy atom. The van der Waals surface area contributed by atoms with Gasteiger partial charge in [-0.25, -0.2) is 17.6 Å². The van der Waals surface area contributed by atoms with Crippen LogP contribution in [0, 0.1) is 23.3 Å². The molecule has 2 aromatic rings. The number of benzene rings is 2. The maximum absolute atomic E-state index is 13.7. The SMILES string of the molecule is O=C(Nc1ccc(F)c(F)c1F)C1(c2cccc(F)c2)CCC1. The average molecular weight is 323 g/mol. The molecule has 3 rings (SSSR count). The molecule has 0 heterocycles. The number of hydrogen-bond acceptors (Lipinski definition) is 1. The van der Waals surface area contributed by atoms with Gasteiger partial charge in [-0.15, -0.1) is 0 Å². The zero-order valence-electron chi connectivity index (χ0n) is 12.0. The normalized spacial score (nSPS) is 15.8. The van der Waals surface area contributed by atoms with Gasteiger partial charge in [0, 0.05) is 0 Å². The zero-order chi connectivity index (χ0) is 16.6. The van der Waals surface area contributed by atoms with Crippen molar-refractivity contribution in [1.29, 1.82) is 0 Å². The van der Waals surface area contributed by atoms with Crippen molar-refractivity contribution >= 4 is 11.6 Å². The van der Waals surface area contributed by atoms with Crippen molar-refractivity contribution in [2.75, 3.05) is 5.32 Å². The molecule has 0 saturated heterocycles. The molecule has 1 amide bonds. The zero-order valence-corrected chi connectivity index (χ0v) is 12.0. The molecule has 1 N–H and O–H groups in total. The van der Waals surface area contributed by atoms with E-state index in [1.54, 1.807) is 6.07 Å². The minimum atomic E-state index is -1.64. The summed E-state index contributed by atoms with van der Waals surface area (Å²) in [4.78, 5) is 12.6. The lowest BCUT2D eigenvalue weighted by Crippen LogP contribution is -2.46. The summed E-state index contributed by atoms with van der Waals surface area (Å²) in [6, 6.07) is 7.36. The van der Waals surface area contributed by atoms with Crippen LogP contribution in [0.4, 0.5) is 23.2 Å². The van der Waals surface area contributed by atoms with E-state index >= 15 is 0 Å². The first-order valence-corrected chi connectivity index (χ1v) is 7.15.